The first-order valence-corrected chi connectivity index (χ1v) is 5.21. The number of sulfonamides is 1. The summed E-state index contributed by atoms with van der Waals surface area (Å²) in [5.74, 6) is 0. The molecule has 0 aromatic carbocycles. The van der Waals surface area contributed by atoms with E-state index in [9.17, 15) is 8.42 Å². The van der Waals surface area contributed by atoms with Crippen LogP contribution in [0.15, 0.2) is 6.20 Å². The minimum absolute atomic E-state index is 0.581. The quantitative estimate of drug-likeness (QED) is 0.718. The van der Waals surface area contributed by atoms with Crippen LogP contribution in [0.3, 0.4) is 0 Å². The Morgan fingerprint density at radius 3 is 2.50 bits per heavy atom. The van der Waals surface area contributed by atoms with Gasteiger partial charge in [-0.1, -0.05) is 0 Å². The molecule has 1 N–H and O–H groups in total. The summed E-state index contributed by atoms with van der Waals surface area (Å²) in [4.78, 5) is 0. The Hall–Kier alpha value is -1.04. The average molecular weight is 189 g/mol. The largest absolute Gasteiger partial charge is 0.281 e. The molecule has 1 aromatic heterocycles. The van der Waals surface area contributed by atoms with E-state index in [1.54, 1.807) is 6.92 Å². The first-order valence-electron chi connectivity index (χ1n) is 3.37. The Bertz CT molecular complexity index is 368. The van der Waals surface area contributed by atoms with E-state index in [0.717, 1.165) is 11.9 Å². The maximum Gasteiger partial charge on any atom is 0.232 e. The van der Waals surface area contributed by atoms with Gasteiger partial charge >= 0.3 is 0 Å². The molecule has 0 saturated heterocycles. The van der Waals surface area contributed by atoms with Gasteiger partial charge in [0.05, 0.1) is 23.8 Å². The third kappa shape index (κ3) is 1.58. The molecular weight excluding hydrogens is 178 g/mol. The molecule has 0 aliphatic heterocycles. The summed E-state index contributed by atoms with van der Waals surface area (Å²) in [7, 11) is -1.68. The van der Waals surface area contributed by atoms with Crippen LogP contribution in [0.2, 0.25) is 0 Å². The Kier molecular flexibility index (Phi) is 2.10. The highest BCUT2D eigenvalue weighted by molar-refractivity contribution is 7.92. The van der Waals surface area contributed by atoms with E-state index in [-0.39, 0.29) is 0 Å². The van der Waals surface area contributed by atoms with E-state index in [1.807, 2.05) is 0 Å². The lowest BCUT2D eigenvalue weighted by atomic mass is 10.4. The van der Waals surface area contributed by atoms with Gasteiger partial charge in [-0.25, -0.2) is 8.42 Å². The maximum atomic E-state index is 11.1. The normalized spacial score (nSPS) is 11.6. The molecule has 0 amide bonds. The summed E-state index contributed by atoms with van der Waals surface area (Å²) in [6.07, 6.45) is 2.63. The van der Waals surface area contributed by atoms with Crippen molar-refractivity contribution in [2.45, 2.75) is 6.92 Å². The first kappa shape index (κ1) is 9.05. The van der Waals surface area contributed by atoms with Crippen LogP contribution in [-0.4, -0.2) is 31.9 Å². The van der Waals surface area contributed by atoms with Crippen LogP contribution in [0.4, 0.5) is 5.69 Å². The minimum atomic E-state index is -3.17. The fourth-order valence-corrected chi connectivity index (χ4v) is 1.38. The lowest BCUT2D eigenvalue weighted by Crippen LogP contribution is -2.24. The van der Waals surface area contributed by atoms with E-state index >= 15 is 0 Å². The van der Waals surface area contributed by atoms with E-state index in [1.165, 1.54) is 17.5 Å². The molecule has 1 heterocycles. The number of aromatic amines is 1. The van der Waals surface area contributed by atoms with Crippen molar-refractivity contribution < 1.29 is 8.42 Å². The van der Waals surface area contributed by atoms with Gasteiger partial charge < -0.3 is 0 Å². The van der Waals surface area contributed by atoms with Crippen LogP contribution >= 0.6 is 0 Å². The molecule has 0 aliphatic carbocycles. The molecule has 0 radical (unpaired) electrons. The van der Waals surface area contributed by atoms with Gasteiger partial charge in [-0.3, -0.25) is 9.40 Å². The molecule has 0 saturated carbocycles. The molecule has 12 heavy (non-hydrogen) atoms. The highest BCUT2D eigenvalue weighted by atomic mass is 32.2. The Morgan fingerprint density at radius 2 is 2.17 bits per heavy atom. The Morgan fingerprint density at radius 1 is 1.58 bits per heavy atom. The van der Waals surface area contributed by atoms with Crippen LogP contribution in [0.5, 0.6) is 0 Å². The van der Waals surface area contributed by atoms with Crippen molar-refractivity contribution in [3.63, 3.8) is 0 Å². The molecular formula is C6H11N3O2S. The van der Waals surface area contributed by atoms with E-state index < -0.39 is 10.0 Å². The fraction of sp³-hybridized carbons (Fsp3) is 0.500. The molecule has 1 aromatic rings. The average Bonchev–Trinajstić information content (AvgIpc) is 2.31. The van der Waals surface area contributed by atoms with Crippen molar-refractivity contribution in [2.24, 2.45) is 0 Å². The van der Waals surface area contributed by atoms with Gasteiger partial charge in [0.2, 0.25) is 10.0 Å². The van der Waals surface area contributed by atoms with Gasteiger partial charge in [0, 0.05) is 7.05 Å². The smallest absolute Gasteiger partial charge is 0.232 e. The predicted molar refractivity (Wildman–Crippen MR) is 46.6 cm³/mol. The second-order valence-electron chi connectivity index (χ2n) is 2.61. The molecule has 0 atom stereocenters. The fourth-order valence-electron chi connectivity index (χ4n) is 0.840. The third-order valence-electron chi connectivity index (χ3n) is 1.64. The SMILES string of the molecule is Cc1[nH]ncc1N(C)S(C)(=O)=O. The van der Waals surface area contributed by atoms with E-state index in [2.05, 4.69) is 10.2 Å². The number of nitrogens with one attached hydrogen (secondary N) is 1. The molecule has 5 nitrogen and oxygen atoms in total. The van der Waals surface area contributed by atoms with Gasteiger partial charge in [0.1, 0.15) is 0 Å². The lowest BCUT2D eigenvalue weighted by molar-refractivity contribution is 0.600. The second-order valence-corrected chi connectivity index (χ2v) is 4.62. The number of H-pyrrole nitrogens is 1. The van der Waals surface area contributed by atoms with Gasteiger partial charge in [-0.05, 0) is 6.92 Å². The summed E-state index contributed by atoms with van der Waals surface area (Å²) in [6.45, 7) is 1.77. The topological polar surface area (TPSA) is 66.1 Å². The van der Waals surface area contributed by atoms with Crippen molar-refractivity contribution in [3.8, 4) is 0 Å². The molecule has 68 valence electrons. The zero-order valence-electron chi connectivity index (χ0n) is 7.20. The van der Waals surface area contributed by atoms with Crippen molar-refractivity contribution in [1.82, 2.24) is 10.2 Å². The highest BCUT2D eigenvalue weighted by Gasteiger charge is 2.14. The number of rotatable bonds is 2. The number of hydrogen-bond acceptors (Lipinski definition) is 3. The van der Waals surface area contributed by atoms with Crippen LogP contribution in [0, 0.1) is 6.92 Å². The maximum absolute atomic E-state index is 11.1. The van der Waals surface area contributed by atoms with Crippen molar-refractivity contribution in [3.05, 3.63) is 11.9 Å². The lowest BCUT2D eigenvalue weighted by Gasteiger charge is -2.14. The van der Waals surface area contributed by atoms with Gasteiger partial charge in [0.15, 0.2) is 0 Å². The van der Waals surface area contributed by atoms with Crippen LogP contribution in [0.25, 0.3) is 0 Å². The van der Waals surface area contributed by atoms with Crippen LogP contribution in [0.1, 0.15) is 5.69 Å². The summed E-state index contributed by atoms with van der Waals surface area (Å²) in [5, 5.41) is 6.39. The van der Waals surface area contributed by atoms with Crippen molar-refractivity contribution in [2.75, 3.05) is 17.6 Å². The summed E-state index contributed by atoms with van der Waals surface area (Å²) < 4.78 is 23.3. The Balaban J connectivity index is 3.09. The van der Waals surface area contributed by atoms with E-state index in [4.69, 9.17) is 0 Å². The third-order valence-corrected chi connectivity index (χ3v) is 2.83. The molecule has 0 unspecified atom stereocenters. The molecule has 0 fully saturated rings. The standard InChI is InChI=1S/C6H11N3O2S/c1-5-6(4-7-8-5)9(2)12(3,10)11/h4H,1-3H3,(H,7,8). The summed E-state index contributed by atoms with van der Waals surface area (Å²) >= 11 is 0. The highest BCUT2D eigenvalue weighted by Crippen LogP contribution is 2.16. The second kappa shape index (κ2) is 2.78. The summed E-state index contributed by atoms with van der Waals surface area (Å²) in [5.41, 5.74) is 1.32. The monoisotopic (exact) mass is 189 g/mol. The number of hydrogen-bond donors (Lipinski definition) is 1. The number of aryl methyl sites for hydroxylation is 1. The van der Waals surface area contributed by atoms with Crippen LogP contribution in [-0.2, 0) is 10.0 Å². The van der Waals surface area contributed by atoms with Crippen molar-refractivity contribution >= 4 is 15.7 Å². The number of anilines is 1. The molecule has 0 spiro atoms. The molecule has 0 bridgehead atoms. The van der Waals surface area contributed by atoms with Gasteiger partial charge in [-0.2, -0.15) is 5.10 Å². The predicted octanol–water partition coefficient (Wildman–Crippen LogP) is 0.114. The van der Waals surface area contributed by atoms with Crippen molar-refractivity contribution in [1.29, 1.82) is 0 Å². The summed E-state index contributed by atoms with van der Waals surface area (Å²) in [6, 6.07) is 0. The molecule has 0 aliphatic rings. The zero-order valence-corrected chi connectivity index (χ0v) is 8.01. The van der Waals surface area contributed by atoms with Gasteiger partial charge in [-0.15, -0.1) is 0 Å². The molecule has 1 rings (SSSR count). The van der Waals surface area contributed by atoms with E-state index in [0.29, 0.717) is 5.69 Å². The number of nitrogens with zero attached hydrogens (tertiary/aromatic N) is 2. The zero-order chi connectivity index (χ0) is 9.35. The van der Waals surface area contributed by atoms with Gasteiger partial charge in [0.25, 0.3) is 0 Å². The molecule has 6 heteroatoms. The van der Waals surface area contributed by atoms with Crippen LogP contribution < -0.4 is 4.31 Å². The Labute approximate surface area is 71.4 Å². The first-order chi connectivity index (χ1) is 5.43. The minimum Gasteiger partial charge on any atom is -0.281 e. The number of aromatic nitrogens is 2.